The van der Waals surface area contributed by atoms with Gasteiger partial charge in [0, 0.05) is 25.7 Å². The van der Waals surface area contributed by atoms with Crippen molar-refractivity contribution in [3.63, 3.8) is 0 Å². The maximum absolute atomic E-state index is 6.31. The molecule has 2 N–H and O–H groups in total. The summed E-state index contributed by atoms with van der Waals surface area (Å²) >= 11 is 0. The van der Waals surface area contributed by atoms with Gasteiger partial charge in [0.15, 0.2) is 0 Å². The molecular formula is C15H26N2O. The molecule has 3 heteroatoms. The second-order valence-corrected chi connectivity index (χ2v) is 4.85. The van der Waals surface area contributed by atoms with E-state index >= 15 is 0 Å². The first-order chi connectivity index (χ1) is 8.61. The van der Waals surface area contributed by atoms with Crippen molar-refractivity contribution in [2.45, 2.75) is 32.4 Å². The topological polar surface area (TPSA) is 38.5 Å². The molecule has 0 saturated carbocycles. The van der Waals surface area contributed by atoms with Crippen LogP contribution in [0.25, 0.3) is 0 Å². The molecule has 0 radical (unpaired) electrons. The van der Waals surface area contributed by atoms with E-state index in [4.69, 9.17) is 10.5 Å². The summed E-state index contributed by atoms with van der Waals surface area (Å²) in [6.45, 7) is 5.91. The largest absolute Gasteiger partial charge is 0.383 e. The summed E-state index contributed by atoms with van der Waals surface area (Å²) in [5.41, 5.74) is 8.93. The van der Waals surface area contributed by atoms with E-state index in [0.717, 1.165) is 19.6 Å². The number of likely N-dealkylation sites (N-methyl/N-ethyl adjacent to an activating group) is 1. The van der Waals surface area contributed by atoms with Crippen molar-refractivity contribution in [3.05, 3.63) is 35.4 Å². The van der Waals surface area contributed by atoms with Gasteiger partial charge in [0.1, 0.15) is 0 Å². The third kappa shape index (κ3) is 3.80. The van der Waals surface area contributed by atoms with Gasteiger partial charge in [-0.15, -0.1) is 0 Å². The Kier molecular flexibility index (Phi) is 6.33. The van der Waals surface area contributed by atoms with Crippen molar-refractivity contribution >= 4 is 0 Å². The summed E-state index contributed by atoms with van der Waals surface area (Å²) in [5, 5.41) is 0. The molecule has 1 aromatic carbocycles. The molecule has 0 fully saturated rings. The number of hydrogen-bond acceptors (Lipinski definition) is 3. The summed E-state index contributed by atoms with van der Waals surface area (Å²) in [6, 6.07) is 8.89. The number of nitrogens with two attached hydrogens (primary N) is 1. The lowest BCUT2D eigenvalue weighted by Gasteiger charge is -2.33. The average Bonchev–Trinajstić information content (AvgIpc) is 2.38. The normalized spacial score (nSPS) is 14.8. The maximum atomic E-state index is 6.31. The fourth-order valence-electron chi connectivity index (χ4n) is 2.31. The van der Waals surface area contributed by atoms with Crippen molar-refractivity contribution in [1.82, 2.24) is 4.90 Å². The molecule has 0 aliphatic rings. The van der Waals surface area contributed by atoms with Gasteiger partial charge in [-0.1, -0.05) is 31.2 Å². The van der Waals surface area contributed by atoms with Gasteiger partial charge in [-0.2, -0.15) is 0 Å². The smallest absolute Gasteiger partial charge is 0.0589 e. The van der Waals surface area contributed by atoms with Crippen LogP contribution in [0.15, 0.2) is 24.3 Å². The molecule has 1 aromatic rings. The summed E-state index contributed by atoms with van der Waals surface area (Å²) in [5.74, 6) is 0. The van der Waals surface area contributed by atoms with Gasteiger partial charge in [0.2, 0.25) is 0 Å². The number of aryl methyl sites for hydroxylation is 1. The Morgan fingerprint density at radius 3 is 2.56 bits per heavy atom. The second kappa shape index (κ2) is 7.52. The second-order valence-electron chi connectivity index (χ2n) is 4.85. The number of ether oxygens (including phenoxy) is 1. The zero-order chi connectivity index (χ0) is 13.5. The van der Waals surface area contributed by atoms with Crippen molar-refractivity contribution in [2.24, 2.45) is 5.73 Å². The van der Waals surface area contributed by atoms with Crippen LogP contribution in [0.3, 0.4) is 0 Å². The minimum atomic E-state index is 0.146. The van der Waals surface area contributed by atoms with E-state index in [1.165, 1.54) is 11.1 Å². The molecule has 1 rings (SSSR count). The molecule has 0 spiro atoms. The highest BCUT2D eigenvalue weighted by Crippen LogP contribution is 2.26. The average molecular weight is 250 g/mol. The molecule has 2 unspecified atom stereocenters. The third-order valence-corrected chi connectivity index (χ3v) is 3.51. The minimum absolute atomic E-state index is 0.146. The predicted octanol–water partition coefficient (Wildman–Crippen LogP) is 2.35. The van der Waals surface area contributed by atoms with Crippen LogP contribution in [-0.4, -0.2) is 38.3 Å². The summed E-state index contributed by atoms with van der Waals surface area (Å²) in [6.07, 6.45) is 0.969. The lowest BCUT2D eigenvalue weighted by molar-refractivity contribution is 0.128. The number of rotatable bonds is 7. The van der Waals surface area contributed by atoms with E-state index in [2.05, 4.69) is 50.1 Å². The molecule has 2 atom stereocenters. The molecule has 3 nitrogen and oxygen atoms in total. The summed E-state index contributed by atoms with van der Waals surface area (Å²) < 4.78 is 5.16. The van der Waals surface area contributed by atoms with E-state index in [1.54, 1.807) is 7.11 Å². The first kappa shape index (κ1) is 15.2. The molecule has 0 aliphatic heterocycles. The number of benzene rings is 1. The molecule has 0 amide bonds. The third-order valence-electron chi connectivity index (χ3n) is 3.51. The number of hydrogen-bond donors (Lipinski definition) is 1. The summed E-state index contributed by atoms with van der Waals surface area (Å²) in [4.78, 5) is 2.29. The Hall–Kier alpha value is -0.900. The van der Waals surface area contributed by atoms with Crippen LogP contribution >= 0.6 is 0 Å². The highest BCUT2D eigenvalue weighted by molar-refractivity contribution is 5.29. The number of nitrogens with zero attached hydrogens (tertiary/aromatic N) is 1. The zero-order valence-electron chi connectivity index (χ0n) is 12.0. The highest BCUT2D eigenvalue weighted by Gasteiger charge is 2.23. The lowest BCUT2D eigenvalue weighted by atomic mass is 9.93. The van der Waals surface area contributed by atoms with Crippen molar-refractivity contribution < 1.29 is 4.74 Å². The van der Waals surface area contributed by atoms with Crippen LogP contribution < -0.4 is 5.73 Å². The minimum Gasteiger partial charge on any atom is -0.383 e. The van der Waals surface area contributed by atoms with Crippen molar-refractivity contribution in [2.75, 3.05) is 27.3 Å². The van der Waals surface area contributed by atoms with E-state index < -0.39 is 0 Å². The van der Waals surface area contributed by atoms with Crippen LogP contribution in [-0.2, 0) is 4.74 Å². The first-order valence-electron chi connectivity index (χ1n) is 6.62. The van der Waals surface area contributed by atoms with Gasteiger partial charge in [-0.3, -0.25) is 4.90 Å². The Labute approximate surface area is 111 Å². The highest BCUT2D eigenvalue weighted by atomic mass is 16.5. The molecule has 0 heterocycles. The molecule has 0 aliphatic carbocycles. The van der Waals surface area contributed by atoms with Gasteiger partial charge in [0.25, 0.3) is 0 Å². The van der Waals surface area contributed by atoms with Gasteiger partial charge in [-0.05, 0) is 31.5 Å². The molecule has 0 aromatic heterocycles. The zero-order valence-corrected chi connectivity index (χ0v) is 12.0. The van der Waals surface area contributed by atoms with Gasteiger partial charge >= 0.3 is 0 Å². The predicted molar refractivity (Wildman–Crippen MR) is 76.7 cm³/mol. The van der Waals surface area contributed by atoms with Crippen LogP contribution in [0.1, 0.15) is 30.5 Å². The molecule has 102 valence electrons. The van der Waals surface area contributed by atoms with Crippen LogP contribution in [0.5, 0.6) is 0 Å². The Morgan fingerprint density at radius 1 is 1.33 bits per heavy atom. The van der Waals surface area contributed by atoms with Gasteiger partial charge in [-0.25, -0.2) is 0 Å². The van der Waals surface area contributed by atoms with Crippen LogP contribution in [0, 0.1) is 6.92 Å². The number of methoxy groups -OCH3 is 1. The van der Waals surface area contributed by atoms with Crippen molar-refractivity contribution in [1.29, 1.82) is 0 Å². The quantitative estimate of drug-likeness (QED) is 0.807. The Balaban J connectivity index is 2.94. The van der Waals surface area contributed by atoms with Crippen LogP contribution in [0.4, 0.5) is 0 Å². The van der Waals surface area contributed by atoms with Gasteiger partial charge in [0.05, 0.1) is 6.61 Å². The molecule has 18 heavy (non-hydrogen) atoms. The molecule has 0 bridgehead atoms. The molecule has 0 saturated heterocycles. The monoisotopic (exact) mass is 250 g/mol. The maximum Gasteiger partial charge on any atom is 0.0589 e. The summed E-state index contributed by atoms with van der Waals surface area (Å²) in [7, 11) is 3.85. The fourth-order valence-corrected chi connectivity index (χ4v) is 2.31. The first-order valence-corrected chi connectivity index (χ1v) is 6.62. The Bertz CT molecular complexity index is 354. The van der Waals surface area contributed by atoms with Gasteiger partial charge < -0.3 is 10.5 Å². The van der Waals surface area contributed by atoms with E-state index in [9.17, 15) is 0 Å². The molecular weight excluding hydrogens is 224 g/mol. The SMILES string of the molecule is CCC(N)C(c1ccccc1C)N(C)CCOC. The Morgan fingerprint density at radius 2 is 2.00 bits per heavy atom. The van der Waals surface area contributed by atoms with E-state index in [1.807, 2.05) is 0 Å². The van der Waals surface area contributed by atoms with E-state index in [-0.39, 0.29) is 12.1 Å². The van der Waals surface area contributed by atoms with E-state index in [0.29, 0.717) is 0 Å². The van der Waals surface area contributed by atoms with Crippen molar-refractivity contribution in [3.8, 4) is 0 Å². The standard InChI is InChI=1S/C15H26N2O/c1-5-14(16)15(17(3)10-11-18-4)13-9-7-6-8-12(13)2/h6-9,14-15H,5,10-11,16H2,1-4H3. The fraction of sp³-hybridized carbons (Fsp3) is 0.600. The van der Waals surface area contributed by atoms with Crippen LogP contribution in [0.2, 0.25) is 0 Å². The lowest BCUT2D eigenvalue weighted by Crippen LogP contribution is -2.40.